The SMILES string of the molecule is O=C(CC1COCCN1)NC(CN1CCCC1)c1ccccc1. The third-order valence-electron chi connectivity index (χ3n) is 4.61. The quantitative estimate of drug-likeness (QED) is 0.831. The van der Waals surface area contributed by atoms with Gasteiger partial charge < -0.3 is 20.3 Å². The lowest BCUT2D eigenvalue weighted by Gasteiger charge is -2.27. The Bertz CT molecular complexity index is 482. The van der Waals surface area contributed by atoms with Gasteiger partial charge in [0.15, 0.2) is 0 Å². The first-order valence-electron chi connectivity index (χ1n) is 8.69. The zero-order chi connectivity index (χ0) is 15.9. The highest BCUT2D eigenvalue weighted by atomic mass is 16.5. The molecular formula is C18H27N3O2. The number of benzene rings is 1. The molecule has 0 aromatic heterocycles. The van der Waals surface area contributed by atoms with Gasteiger partial charge in [0.05, 0.1) is 19.3 Å². The van der Waals surface area contributed by atoms with E-state index >= 15 is 0 Å². The highest BCUT2D eigenvalue weighted by Gasteiger charge is 2.23. The van der Waals surface area contributed by atoms with Crippen molar-refractivity contribution in [2.75, 3.05) is 39.4 Å². The van der Waals surface area contributed by atoms with Gasteiger partial charge in [-0.3, -0.25) is 4.79 Å². The number of rotatable bonds is 6. The summed E-state index contributed by atoms with van der Waals surface area (Å²) in [6, 6.07) is 10.5. The van der Waals surface area contributed by atoms with Gasteiger partial charge in [-0.25, -0.2) is 0 Å². The van der Waals surface area contributed by atoms with Gasteiger partial charge in [-0.1, -0.05) is 30.3 Å². The summed E-state index contributed by atoms with van der Waals surface area (Å²) >= 11 is 0. The second-order valence-corrected chi connectivity index (χ2v) is 6.47. The minimum Gasteiger partial charge on any atom is -0.378 e. The molecule has 1 aromatic rings. The van der Waals surface area contributed by atoms with Gasteiger partial charge in [0.25, 0.3) is 0 Å². The van der Waals surface area contributed by atoms with Crippen molar-refractivity contribution in [3.05, 3.63) is 35.9 Å². The molecule has 5 heteroatoms. The highest BCUT2D eigenvalue weighted by Crippen LogP contribution is 2.18. The maximum Gasteiger partial charge on any atom is 0.222 e. The van der Waals surface area contributed by atoms with Crippen molar-refractivity contribution in [3.8, 4) is 0 Å². The maximum atomic E-state index is 12.4. The number of nitrogens with one attached hydrogen (secondary N) is 2. The molecule has 0 aliphatic carbocycles. The summed E-state index contributed by atoms with van der Waals surface area (Å²) in [6.07, 6.45) is 3.00. The van der Waals surface area contributed by atoms with E-state index in [1.807, 2.05) is 18.2 Å². The zero-order valence-corrected chi connectivity index (χ0v) is 13.7. The summed E-state index contributed by atoms with van der Waals surface area (Å²) in [5.74, 6) is 0.0982. The number of amides is 1. The molecule has 2 heterocycles. The number of carbonyl (C=O) groups is 1. The number of nitrogens with zero attached hydrogens (tertiary/aromatic N) is 1. The van der Waals surface area contributed by atoms with Crippen LogP contribution in [0.4, 0.5) is 0 Å². The van der Waals surface area contributed by atoms with Crippen LogP contribution < -0.4 is 10.6 Å². The average molecular weight is 317 g/mol. The molecule has 1 aromatic carbocycles. The summed E-state index contributed by atoms with van der Waals surface area (Å²) < 4.78 is 5.43. The fourth-order valence-corrected chi connectivity index (χ4v) is 3.37. The summed E-state index contributed by atoms with van der Waals surface area (Å²) in [7, 11) is 0. The van der Waals surface area contributed by atoms with Crippen LogP contribution in [-0.2, 0) is 9.53 Å². The molecular weight excluding hydrogens is 290 g/mol. The van der Waals surface area contributed by atoms with E-state index in [0.29, 0.717) is 13.0 Å². The van der Waals surface area contributed by atoms with Crippen LogP contribution in [0.25, 0.3) is 0 Å². The number of hydrogen-bond acceptors (Lipinski definition) is 4. The van der Waals surface area contributed by atoms with Crippen molar-refractivity contribution >= 4 is 5.91 Å². The average Bonchev–Trinajstić information content (AvgIpc) is 3.09. The Morgan fingerprint density at radius 3 is 2.78 bits per heavy atom. The first kappa shape index (κ1) is 16.4. The molecule has 2 fully saturated rings. The number of morpholine rings is 1. The molecule has 2 aliphatic rings. The second kappa shape index (κ2) is 8.43. The maximum absolute atomic E-state index is 12.4. The minimum atomic E-state index is 0.0614. The first-order chi connectivity index (χ1) is 11.3. The number of hydrogen-bond donors (Lipinski definition) is 2. The lowest BCUT2D eigenvalue weighted by Crippen LogP contribution is -2.45. The lowest BCUT2D eigenvalue weighted by molar-refractivity contribution is -0.123. The Balaban J connectivity index is 1.59. The standard InChI is InChI=1S/C18H27N3O2/c22-18(12-16-14-23-11-8-19-16)20-17(13-21-9-4-5-10-21)15-6-2-1-3-7-15/h1-3,6-7,16-17,19H,4-5,8-14H2,(H,20,22). The molecule has 3 rings (SSSR count). The van der Waals surface area contributed by atoms with Crippen LogP contribution in [0.2, 0.25) is 0 Å². The van der Waals surface area contributed by atoms with Gasteiger partial charge in [-0.2, -0.15) is 0 Å². The predicted molar refractivity (Wildman–Crippen MR) is 90.2 cm³/mol. The molecule has 0 radical (unpaired) electrons. The van der Waals surface area contributed by atoms with Crippen LogP contribution in [-0.4, -0.2) is 56.2 Å². The molecule has 126 valence electrons. The Kier molecular flexibility index (Phi) is 6.02. The number of carbonyl (C=O) groups excluding carboxylic acids is 1. The van der Waals surface area contributed by atoms with Crippen molar-refractivity contribution in [1.82, 2.24) is 15.5 Å². The Labute approximate surface area is 138 Å². The predicted octanol–water partition coefficient (Wildman–Crippen LogP) is 1.32. The molecule has 2 saturated heterocycles. The largest absolute Gasteiger partial charge is 0.378 e. The molecule has 5 nitrogen and oxygen atoms in total. The Morgan fingerprint density at radius 1 is 1.30 bits per heavy atom. The van der Waals surface area contributed by atoms with Crippen LogP contribution in [0.5, 0.6) is 0 Å². The van der Waals surface area contributed by atoms with Crippen molar-refractivity contribution in [3.63, 3.8) is 0 Å². The van der Waals surface area contributed by atoms with Crippen LogP contribution >= 0.6 is 0 Å². The third kappa shape index (κ3) is 5.03. The van der Waals surface area contributed by atoms with Gasteiger partial charge in [-0.05, 0) is 31.5 Å². The third-order valence-corrected chi connectivity index (χ3v) is 4.61. The first-order valence-corrected chi connectivity index (χ1v) is 8.69. The van der Waals surface area contributed by atoms with E-state index in [0.717, 1.165) is 32.8 Å². The van der Waals surface area contributed by atoms with Crippen molar-refractivity contribution in [2.24, 2.45) is 0 Å². The molecule has 23 heavy (non-hydrogen) atoms. The van der Waals surface area contributed by atoms with Crippen molar-refractivity contribution < 1.29 is 9.53 Å². The molecule has 2 unspecified atom stereocenters. The van der Waals surface area contributed by atoms with E-state index in [2.05, 4.69) is 27.7 Å². The minimum absolute atomic E-state index is 0.0614. The zero-order valence-electron chi connectivity index (χ0n) is 13.7. The van der Waals surface area contributed by atoms with Crippen LogP contribution in [0.1, 0.15) is 30.9 Å². The molecule has 2 aliphatic heterocycles. The number of likely N-dealkylation sites (tertiary alicyclic amines) is 1. The van der Waals surface area contributed by atoms with Gasteiger partial charge in [0, 0.05) is 25.6 Å². The summed E-state index contributed by atoms with van der Waals surface area (Å²) in [4.78, 5) is 14.9. The van der Waals surface area contributed by atoms with Crippen LogP contribution in [0.15, 0.2) is 30.3 Å². The second-order valence-electron chi connectivity index (χ2n) is 6.47. The van der Waals surface area contributed by atoms with Gasteiger partial charge >= 0.3 is 0 Å². The van der Waals surface area contributed by atoms with Crippen molar-refractivity contribution in [2.45, 2.75) is 31.3 Å². The summed E-state index contributed by atoms with van der Waals surface area (Å²) in [6.45, 7) is 5.35. The van der Waals surface area contributed by atoms with E-state index in [1.165, 1.54) is 18.4 Å². The molecule has 2 atom stereocenters. The normalized spacial score (nSPS) is 23.6. The molecule has 1 amide bonds. The smallest absolute Gasteiger partial charge is 0.222 e. The Morgan fingerprint density at radius 2 is 2.09 bits per heavy atom. The fraction of sp³-hybridized carbons (Fsp3) is 0.611. The van der Waals surface area contributed by atoms with Crippen molar-refractivity contribution in [1.29, 1.82) is 0 Å². The van der Waals surface area contributed by atoms with Gasteiger partial charge in [0.1, 0.15) is 0 Å². The van der Waals surface area contributed by atoms with E-state index in [9.17, 15) is 4.79 Å². The summed E-state index contributed by atoms with van der Waals surface area (Å²) in [5, 5.41) is 6.57. The summed E-state index contributed by atoms with van der Waals surface area (Å²) in [5.41, 5.74) is 1.18. The topological polar surface area (TPSA) is 53.6 Å². The fourth-order valence-electron chi connectivity index (χ4n) is 3.37. The van der Waals surface area contributed by atoms with E-state index in [4.69, 9.17) is 4.74 Å². The van der Waals surface area contributed by atoms with Gasteiger partial charge in [0.2, 0.25) is 5.91 Å². The Hall–Kier alpha value is -1.43. The lowest BCUT2D eigenvalue weighted by atomic mass is 10.1. The number of ether oxygens (including phenoxy) is 1. The van der Waals surface area contributed by atoms with E-state index in [1.54, 1.807) is 0 Å². The molecule has 0 saturated carbocycles. The monoisotopic (exact) mass is 317 g/mol. The van der Waals surface area contributed by atoms with E-state index in [-0.39, 0.29) is 18.0 Å². The van der Waals surface area contributed by atoms with Crippen LogP contribution in [0.3, 0.4) is 0 Å². The van der Waals surface area contributed by atoms with E-state index < -0.39 is 0 Å². The molecule has 0 bridgehead atoms. The highest BCUT2D eigenvalue weighted by molar-refractivity contribution is 5.77. The van der Waals surface area contributed by atoms with Crippen LogP contribution in [0, 0.1) is 0 Å². The molecule has 2 N–H and O–H groups in total. The molecule has 0 spiro atoms. The van der Waals surface area contributed by atoms with Gasteiger partial charge in [-0.15, -0.1) is 0 Å².